The summed E-state index contributed by atoms with van der Waals surface area (Å²) in [5.41, 5.74) is 1.75. The molecule has 1 aliphatic rings. The van der Waals surface area contributed by atoms with E-state index in [4.69, 9.17) is 0 Å². The highest BCUT2D eigenvalue weighted by molar-refractivity contribution is 5.31. The van der Waals surface area contributed by atoms with Crippen molar-refractivity contribution in [3.63, 3.8) is 0 Å². The van der Waals surface area contributed by atoms with Crippen molar-refractivity contribution in [3.8, 4) is 0 Å². The first-order valence-corrected chi connectivity index (χ1v) is 7.45. The lowest BCUT2D eigenvalue weighted by Crippen LogP contribution is -2.53. The Bertz CT molecular complexity index is 555. The Morgan fingerprint density at radius 3 is 2.55 bits per heavy atom. The summed E-state index contributed by atoms with van der Waals surface area (Å²) in [5, 5.41) is 3.56. The fraction of sp³-hybridized carbons (Fsp3) is 0.471. The molecule has 1 atom stereocenters. The van der Waals surface area contributed by atoms with Crippen LogP contribution in [0.15, 0.2) is 42.7 Å². The smallest absolute Gasteiger partial charge is 0.109 e. The lowest BCUT2D eigenvalue weighted by atomic mass is 9.59. The number of aromatic nitrogens is 2. The van der Waals surface area contributed by atoms with Crippen LogP contribution in [0.2, 0.25) is 0 Å². The van der Waals surface area contributed by atoms with Gasteiger partial charge in [-0.1, -0.05) is 36.8 Å². The number of imidazole rings is 1. The Morgan fingerprint density at radius 1 is 1.30 bits per heavy atom. The number of likely N-dealkylation sites (N-methyl/N-ethyl adjacent to an activating group) is 1. The molecule has 0 radical (unpaired) electrons. The van der Waals surface area contributed by atoms with Gasteiger partial charge in [0.2, 0.25) is 0 Å². The minimum atomic E-state index is 0.280. The van der Waals surface area contributed by atoms with Crippen LogP contribution in [0.1, 0.15) is 30.7 Å². The van der Waals surface area contributed by atoms with Gasteiger partial charge in [-0.3, -0.25) is 0 Å². The average molecular weight is 269 g/mol. The van der Waals surface area contributed by atoms with Crippen molar-refractivity contribution in [2.24, 2.45) is 7.05 Å². The molecular weight excluding hydrogens is 246 g/mol. The molecule has 0 saturated heterocycles. The molecule has 1 aliphatic carbocycles. The summed E-state index contributed by atoms with van der Waals surface area (Å²) in [6.45, 7) is 0. The normalized spacial score (nSPS) is 18.5. The van der Waals surface area contributed by atoms with Crippen LogP contribution in [0, 0.1) is 0 Å². The summed E-state index contributed by atoms with van der Waals surface area (Å²) < 4.78 is 2.13. The Kier molecular flexibility index (Phi) is 3.62. The van der Waals surface area contributed by atoms with E-state index < -0.39 is 0 Å². The predicted octanol–water partition coefficient (Wildman–Crippen LogP) is 2.67. The van der Waals surface area contributed by atoms with E-state index in [1.165, 1.54) is 24.8 Å². The number of hydrogen-bond acceptors (Lipinski definition) is 2. The molecule has 3 nitrogen and oxygen atoms in total. The zero-order valence-electron chi connectivity index (χ0n) is 12.3. The van der Waals surface area contributed by atoms with Crippen LogP contribution in [0.5, 0.6) is 0 Å². The van der Waals surface area contributed by atoms with Gasteiger partial charge >= 0.3 is 0 Å². The van der Waals surface area contributed by atoms with E-state index in [0.717, 1.165) is 12.2 Å². The van der Waals surface area contributed by atoms with Gasteiger partial charge in [0.1, 0.15) is 5.82 Å². The van der Waals surface area contributed by atoms with E-state index >= 15 is 0 Å². The molecule has 3 rings (SSSR count). The molecule has 1 fully saturated rings. The maximum Gasteiger partial charge on any atom is 0.109 e. The second-order valence-electron chi connectivity index (χ2n) is 5.88. The molecule has 2 aromatic rings. The second kappa shape index (κ2) is 5.41. The standard InChI is InChI=1S/C17H23N3/c1-18-15(13-16-19-11-12-20(16)2)17(9-6-10-17)14-7-4-3-5-8-14/h3-5,7-8,11-12,15,18H,6,9-10,13H2,1-2H3. The largest absolute Gasteiger partial charge is 0.338 e. The molecule has 0 bridgehead atoms. The molecular formula is C17H23N3. The predicted molar refractivity (Wildman–Crippen MR) is 81.7 cm³/mol. The van der Waals surface area contributed by atoms with E-state index in [2.05, 4.69) is 59.3 Å². The number of rotatable bonds is 5. The Morgan fingerprint density at radius 2 is 2.05 bits per heavy atom. The van der Waals surface area contributed by atoms with Gasteiger partial charge in [-0.15, -0.1) is 0 Å². The summed E-state index contributed by atoms with van der Waals surface area (Å²) >= 11 is 0. The van der Waals surface area contributed by atoms with Gasteiger partial charge in [0.15, 0.2) is 0 Å². The molecule has 20 heavy (non-hydrogen) atoms. The van der Waals surface area contributed by atoms with Gasteiger partial charge < -0.3 is 9.88 Å². The summed E-state index contributed by atoms with van der Waals surface area (Å²) in [6.07, 6.45) is 8.76. The molecule has 0 spiro atoms. The lowest BCUT2D eigenvalue weighted by Gasteiger charge is -2.48. The van der Waals surface area contributed by atoms with Crippen molar-refractivity contribution in [2.75, 3.05) is 7.05 Å². The van der Waals surface area contributed by atoms with Crippen LogP contribution >= 0.6 is 0 Å². The van der Waals surface area contributed by atoms with Gasteiger partial charge in [0, 0.05) is 37.3 Å². The zero-order chi connectivity index (χ0) is 14.0. The third-order valence-corrected chi connectivity index (χ3v) is 4.92. The fourth-order valence-corrected chi connectivity index (χ4v) is 3.52. The molecule has 1 N–H and O–H groups in total. The monoisotopic (exact) mass is 269 g/mol. The molecule has 1 aromatic heterocycles. The maximum absolute atomic E-state index is 4.49. The average Bonchev–Trinajstić information content (AvgIpc) is 2.83. The second-order valence-corrected chi connectivity index (χ2v) is 5.88. The van der Waals surface area contributed by atoms with Crippen LogP contribution in [0.4, 0.5) is 0 Å². The van der Waals surface area contributed by atoms with Gasteiger partial charge in [-0.2, -0.15) is 0 Å². The van der Waals surface area contributed by atoms with Crippen LogP contribution in [-0.4, -0.2) is 22.6 Å². The number of nitrogens with zero attached hydrogens (tertiary/aromatic N) is 2. The van der Waals surface area contributed by atoms with E-state index in [1.54, 1.807) is 0 Å². The van der Waals surface area contributed by atoms with Gasteiger partial charge in [-0.05, 0) is 25.5 Å². The number of hydrogen-bond donors (Lipinski definition) is 1. The van der Waals surface area contributed by atoms with Crippen molar-refractivity contribution in [3.05, 3.63) is 54.1 Å². The SMILES string of the molecule is CNC(Cc1nccn1C)C1(c2ccccc2)CCC1. The van der Waals surface area contributed by atoms with Gasteiger partial charge in [0.05, 0.1) is 0 Å². The summed E-state index contributed by atoms with van der Waals surface area (Å²) in [4.78, 5) is 4.49. The lowest BCUT2D eigenvalue weighted by molar-refractivity contribution is 0.172. The molecule has 1 aromatic carbocycles. The highest BCUT2D eigenvalue weighted by Gasteiger charge is 2.44. The minimum absolute atomic E-state index is 0.280. The topological polar surface area (TPSA) is 29.9 Å². The molecule has 1 unspecified atom stereocenters. The van der Waals surface area contributed by atoms with Crippen LogP contribution in [0.3, 0.4) is 0 Å². The minimum Gasteiger partial charge on any atom is -0.338 e. The summed E-state index contributed by atoms with van der Waals surface area (Å²) in [7, 11) is 4.15. The van der Waals surface area contributed by atoms with Crippen molar-refractivity contribution in [1.82, 2.24) is 14.9 Å². The van der Waals surface area contributed by atoms with Gasteiger partial charge in [-0.25, -0.2) is 4.98 Å². The van der Waals surface area contributed by atoms with Gasteiger partial charge in [0.25, 0.3) is 0 Å². The third-order valence-electron chi connectivity index (χ3n) is 4.92. The maximum atomic E-state index is 4.49. The van der Waals surface area contributed by atoms with Crippen LogP contribution < -0.4 is 5.32 Å². The number of nitrogens with one attached hydrogen (secondary N) is 1. The molecule has 3 heteroatoms. The van der Waals surface area contributed by atoms with Crippen molar-refractivity contribution in [1.29, 1.82) is 0 Å². The molecule has 1 heterocycles. The first-order chi connectivity index (χ1) is 9.76. The molecule has 106 valence electrons. The Balaban J connectivity index is 1.89. The van der Waals surface area contributed by atoms with Crippen molar-refractivity contribution >= 4 is 0 Å². The third kappa shape index (κ3) is 2.16. The Hall–Kier alpha value is -1.61. The van der Waals surface area contributed by atoms with Crippen LogP contribution in [0.25, 0.3) is 0 Å². The van der Waals surface area contributed by atoms with Crippen molar-refractivity contribution in [2.45, 2.75) is 37.1 Å². The number of aryl methyl sites for hydroxylation is 1. The zero-order valence-corrected chi connectivity index (χ0v) is 12.3. The molecule has 1 saturated carbocycles. The summed E-state index contributed by atoms with van der Waals surface area (Å²) in [6, 6.07) is 11.4. The first-order valence-electron chi connectivity index (χ1n) is 7.45. The fourth-order valence-electron chi connectivity index (χ4n) is 3.52. The van der Waals surface area contributed by atoms with E-state index in [1.807, 2.05) is 12.4 Å². The van der Waals surface area contributed by atoms with E-state index in [-0.39, 0.29) is 5.41 Å². The highest BCUT2D eigenvalue weighted by Crippen LogP contribution is 2.47. The molecule has 0 aliphatic heterocycles. The van der Waals surface area contributed by atoms with E-state index in [9.17, 15) is 0 Å². The Labute approximate surface area is 121 Å². The van der Waals surface area contributed by atoms with Crippen LogP contribution in [-0.2, 0) is 18.9 Å². The van der Waals surface area contributed by atoms with Crippen molar-refractivity contribution < 1.29 is 0 Å². The molecule has 0 amide bonds. The highest BCUT2D eigenvalue weighted by atomic mass is 15.0. The number of benzene rings is 1. The first kappa shape index (κ1) is 13.4. The van der Waals surface area contributed by atoms with E-state index in [0.29, 0.717) is 6.04 Å². The summed E-state index contributed by atoms with van der Waals surface area (Å²) in [5.74, 6) is 1.16. The quantitative estimate of drug-likeness (QED) is 0.904.